The van der Waals surface area contributed by atoms with Crippen LogP contribution in [0.1, 0.15) is 28.8 Å². The average Bonchev–Trinajstić information content (AvgIpc) is 3.54. The summed E-state index contributed by atoms with van der Waals surface area (Å²) in [5, 5.41) is 2.97. The molecule has 0 bridgehead atoms. The van der Waals surface area contributed by atoms with E-state index in [4.69, 9.17) is 9.47 Å². The van der Waals surface area contributed by atoms with Gasteiger partial charge in [0.25, 0.3) is 5.91 Å². The lowest BCUT2D eigenvalue weighted by molar-refractivity contribution is -0.132. The van der Waals surface area contributed by atoms with E-state index in [0.29, 0.717) is 49.9 Å². The molecule has 1 saturated carbocycles. The standard InChI is InChI=1S/C22H24N4O4/c27-21(24-13-15-3-6-18-19(12-15)30-14-29-18)17-2-1-7-23-20(17)25-8-10-26(11-9-25)22(28)16-4-5-16/h1-3,6-7,12,16H,4-5,8-11,13-14H2,(H,24,27). The third-order valence-electron chi connectivity index (χ3n) is 5.74. The van der Waals surface area contributed by atoms with Crippen molar-refractivity contribution in [2.45, 2.75) is 19.4 Å². The summed E-state index contributed by atoms with van der Waals surface area (Å²) >= 11 is 0. The van der Waals surface area contributed by atoms with Crippen molar-refractivity contribution in [2.24, 2.45) is 5.92 Å². The van der Waals surface area contributed by atoms with Crippen LogP contribution < -0.4 is 19.7 Å². The quantitative estimate of drug-likeness (QED) is 0.812. The van der Waals surface area contributed by atoms with Crippen LogP contribution in [0.25, 0.3) is 0 Å². The minimum Gasteiger partial charge on any atom is -0.454 e. The zero-order valence-electron chi connectivity index (χ0n) is 16.7. The number of hydrogen-bond donors (Lipinski definition) is 1. The van der Waals surface area contributed by atoms with Crippen LogP contribution in [-0.2, 0) is 11.3 Å². The Labute approximate surface area is 174 Å². The summed E-state index contributed by atoms with van der Waals surface area (Å²) in [6, 6.07) is 9.20. The van der Waals surface area contributed by atoms with E-state index in [0.717, 1.165) is 24.2 Å². The summed E-state index contributed by atoms with van der Waals surface area (Å²) < 4.78 is 10.7. The lowest BCUT2D eigenvalue weighted by Crippen LogP contribution is -2.50. The number of fused-ring (bicyclic) bond motifs is 1. The number of amides is 2. The van der Waals surface area contributed by atoms with E-state index in [-0.39, 0.29) is 24.5 Å². The zero-order valence-corrected chi connectivity index (χ0v) is 16.7. The van der Waals surface area contributed by atoms with Gasteiger partial charge in [0.1, 0.15) is 5.82 Å². The van der Waals surface area contributed by atoms with E-state index in [1.54, 1.807) is 18.3 Å². The Morgan fingerprint density at radius 2 is 1.87 bits per heavy atom. The van der Waals surface area contributed by atoms with Crippen LogP contribution >= 0.6 is 0 Å². The molecular formula is C22H24N4O4. The molecule has 156 valence electrons. The average molecular weight is 408 g/mol. The lowest BCUT2D eigenvalue weighted by atomic mass is 10.1. The molecule has 1 aliphatic carbocycles. The van der Waals surface area contributed by atoms with Gasteiger partial charge < -0.3 is 24.6 Å². The number of hydrogen-bond acceptors (Lipinski definition) is 6. The molecule has 2 aromatic rings. The van der Waals surface area contributed by atoms with Crippen molar-refractivity contribution in [3.05, 3.63) is 47.7 Å². The molecular weight excluding hydrogens is 384 g/mol. The summed E-state index contributed by atoms with van der Waals surface area (Å²) in [6.45, 7) is 3.31. The van der Waals surface area contributed by atoms with Gasteiger partial charge in [0.2, 0.25) is 12.7 Å². The fourth-order valence-electron chi connectivity index (χ4n) is 3.88. The minimum atomic E-state index is -0.174. The number of benzene rings is 1. The van der Waals surface area contributed by atoms with E-state index < -0.39 is 0 Å². The highest BCUT2D eigenvalue weighted by Crippen LogP contribution is 2.33. The van der Waals surface area contributed by atoms with Crippen molar-refractivity contribution in [2.75, 3.05) is 37.9 Å². The Morgan fingerprint density at radius 3 is 2.67 bits per heavy atom. The van der Waals surface area contributed by atoms with Gasteiger partial charge in [-0.05, 0) is 42.7 Å². The van der Waals surface area contributed by atoms with Crippen LogP contribution in [-0.4, -0.2) is 54.7 Å². The molecule has 0 radical (unpaired) electrons. The fourth-order valence-corrected chi connectivity index (χ4v) is 3.88. The van der Waals surface area contributed by atoms with Crippen molar-refractivity contribution in [1.82, 2.24) is 15.2 Å². The van der Waals surface area contributed by atoms with Crippen molar-refractivity contribution in [3.63, 3.8) is 0 Å². The Bertz CT molecular complexity index is 967. The zero-order chi connectivity index (χ0) is 20.5. The Kier molecular flexibility index (Phi) is 4.90. The van der Waals surface area contributed by atoms with Gasteiger partial charge in [-0.25, -0.2) is 4.98 Å². The number of ether oxygens (including phenoxy) is 2. The van der Waals surface area contributed by atoms with Crippen LogP contribution in [0, 0.1) is 5.92 Å². The molecule has 0 spiro atoms. The van der Waals surface area contributed by atoms with E-state index in [2.05, 4.69) is 15.2 Å². The molecule has 2 fully saturated rings. The van der Waals surface area contributed by atoms with Gasteiger partial charge in [0.05, 0.1) is 5.56 Å². The third kappa shape index (κ3) is 3.77. The molecule has 30 heavy (non-hydrogen) atoms. The largest absolute Gasteiger partial charge is 0.454 e. The lowest BCUT2D eigenvalue weighted by Gasteiger charge is -2.36. The van der Waals surface area contributed by atoms with Gasteiger partial charge in [0.15, 0.2) is 11.5 Å². The highest BCUT2D eigenvalue weighted by molar-refractivity contribution is 5.98. The number of aromatic nitrogens is 1. The van der Waals surface area contributed by atoms with Gasteiger partial charge in [-0.15, -0.1) is 0 Å². The van der Waals surface area contributed by atoms with Crippen molar-refractivity contribution >= 4 is 17.6 Å². The van der Waals surface area contributed by atoms with Gasteiger partial charge in [0, 0.05) is 44.8 Å². The molecule has 8 heteroatoms. The van der Waals surface area contributed by atoms with Crippen LogP contribution in [0.4, 0.5) is 5.82 Å². The summed E-state index contributed by atoms with van der Waals surface area (Å²) in [6.07, 6.45) is 3.74. The second-order valence-electron chi connectivity index (χ2n) is 7.83. The maximum absolute atomic E-state index is 12.9. The monoisotopic (exact) mass is 408 g/mol. The van der Waals surface area contributed by atoms with Gasteiger partial charge in [-0.3, -0.25) is 9.59 Å². The van der Waals surface area contributed by atoms with Crippen LogP contribution in [0.2, 0.25) is 0 Å². The first-order chi connectivity index (χ1) is 14.7. The molecule has 1 saturated heterocycles. The number of rotatable bonds is 5. The van der Waals surface area contributed by atoms with Crippen LogP contribution in [0.5, 0.6) is 11.5 Å². The number of nitrogens with one attached hydrogen (secondary N) is 1. The summed E-state index contributed by atoms with van der Waals surface area (Å²) in [5.74, 6) is 2.43. The Morgan fingerprint density at radius 1 is 1.07 bits per heavy atom. The van der Waals surface area contributed by atoms with E-state index >= 15 is 0 Å². The number of anilines is 1. The fraction of sp³-hybridized carbons (Fsp3) is 0.409. The number of piperazine rings is 1. The van der Waals surface area contributed by atoms with Crippen LogP contribution in [0.3, 0.4) is 0 Å². The second-order valence-corrected chi connectivity index (χ2v) is 7.83. The molecule has 2 amide bonds. The molecule has 3 heterocycles. The predicted octanol–water partition coefficient (Wildman–Crippen LogP) is 1.80. The van der Waals surface area contributed by atoms with Crippen molar-refractivity contribution in [3.8, 4) is 11.5 Å². The molecule has 1 N–H and O–H groups in total. The van der Waals surface area contributed by atoms with Gasteiger partial charge >= 0.3 is 0 Å². The maximum atomic E-state index is 12.9. The molecule has 3 aliphatic rings. The number of carbonyl (C=O) groups excluding carboxylic acids is 2. The Balaban J connectivity index is 1.23. The number of carbonyl (C=O) groups is 2. The number of nitrogens with zero attached hydrogens (tertiary/aromatic N) is 3. The molecule has 2 aliphatic heterocycles. The third-order valence-corrected chi connectivity index (χ3v) is 5.74. The van der Waals surface area contributed by atoms with Crippen molar-refractivity contribution < 1.29 is 19.1 Å². The van der Waals surface area contributed by atoms with Crippen LogP contribution in [0.15, 0.2) is 36.5 Å². The summed E-state index contributed by atoms with van der Waals surface area (Å²) in [4.78, 5) is 33.7. The molecule has 1 aromatic heterocycles. The smallest absolute Gasteiger partial charge is 0.255 e. The van der Waals surface area contributed by atoms with E-state index in [1.807, 2.05) is 23.1 Å². The predicted molar refractivity (Wildman–Crippen MR) is 109 cm³/mol. The van der Waals surface area contributed by atoms with Gasteiger partial charge in [-0.1, -0.05) is 6.07 Å². The van der Waals surface area contributed by atoms with E-state index in [9.17, 15) is 9.59 Å². The van der Waals surface area contributed by atoms with Gasteiger partial charge in [-0.2, -0.15) is 0 Å². The number of pyridine rings is 1. The molecule has 8 nitrogen and oxygen atoms in total. The van der Waals surface area contributed by atoms with Crippen molar-refractivity contribution in [1.29, 1.82) is 0 Å². The highest BCUT2D eigenvalue weighted by atomic mass is 16.7. The SMILES string of the molecule is O=C(NCc1ccc2c(c1)OCO2)c1cccnc1N1CCN(C(=O)C2CC2)CC1. The normalized spacial score (nSPS) is 17.7. The van der Waals surface area contributed by atoms with E-state index in [1.165, 1.54) is 0 Å². The molecule has 5 rings (SSSR count). The second kappa shape index (κ2) is 7.85. The minimum absolute atomic E-state index is 0.174. The summed E-state index contributed by atoms with van der Waals surface area (Å²) in [7, 11) is 0. The first-order valence-electron chi connectivity index (χ1n) is 10.3. The first kappa shape index (κ1) is 18.7. The molecule has 0 atom stereocenters. The maximum Gasteiger partial charge on any atom is 0.255 e. The molecule has 0 unspecified atom stereocenters. The Hall–Kier alpha value is -3.29. The highest BCUT2D eigenvalue weighted by Gasteiger charge is 2.35. The molecule has 1 aromatic carbocycles. The topological polar surface area (TPSA) is 84.0 Å². The first-order valence-corrected chi connectivity index (χ1v) is 10.3. The summed E-state index contributed by atoms with van der Waals surface area (Å²) in [5.41, 5.74) is 1.48.